The van der Waals surface area contributed by atoms with Crippen LogP contribution in [0.5, 0.6) is 0 Å². The van der Waals surface area contributed by atoms with Gasteiger partial charge in [-0.2, -0.15) is 0 Å². The molecule has 0 atom stereocenters. The molecule has 0 aliphatic carbocycles. The molecule has 0 N–H and O–H groups in total. The highest BCUT2D eigenvalue weighted by Crippen LogP contribution is 2.14. The first-order chi connectivity index (χ1) is 5.81. The smallest absolute Gasteiger partial charge is 0.115 e. The maximum absolute atomic E-state index is 12.2. The van der Waals surface area contributed by atoms with Crippen molar-refractivity contribution in [2.45, 2.75) is 20.0 Å². The van der Waals surface area contributed by atoms with Gasteiger partial charge in [0.25, 0.3) is 0 Å². The van der Waals surface area contributed by atoms with Crippen molar-refractivity contribution in [2.75, 3.05) is 0 Å². The summed E-state index contributed by atoms with van der Waals surface area (Å²) in [7, 11) is 0. The summed E-state index contributed by atoms with van der Waals surface area (Å²) in [5, 5.41) is 0. The minimum absolute atomic E-state index is 0.118. The molecule has 0 spiro atoms. The van der Waals surface area contributed by atoms with Gasteiger partial charge in [-0.1, -0.05) is 12.1 Å². The SMILES string of the molecule is FCc1[c]c(CF)c(CF)cc1. The third-order valence-corrected chi connectivity index (χ3v) is 1.61. The molecule has 0 fully saturated rings. The van der Waals surface area contributed by atoms with Gasteiger partial charge in [0.2, 0.25) is 0 Å². The molecule has 1 aromatic carbocycles. The molecule has 0 aliphatic rings. The molecule has 3 heteroatoms. The van der Waals surface area contributed by atoms with Crippen molar-refractivity contribution in [1.82, 2.24) is 0 Å². The Morgan fingerprint density at radius 3 is 2.25 bits per heavy atom. The van der Waals surface area contributed by atoms with Crippen LogP contribution in [0, 0.1) is 6.07 Å². The summed E-state index contributed by atoms with van der Waals surface area (Å²) in [6, 6.07) is 5.27. The molecule has 0 saturated heterocycles. The average molecular weight is 173 g/mol. The molecule has 0 amide bonds. The number of hydrogen-bond acceptors (Lipinski definition) is 0. The minimum atomic E-state index is -0.799. The lowest BCUT2D eigenvalue weighted by Gasteiger charge is -2.02. The van der Waals surface area contributed by atoms with E-state index in [1.54, 1.807) is 0 Å². The summed E-state index contributed by atoms with van der Waals surface area (Å²) >= 11 is 0. The quantitative estimate of drug-likeness (QED) is 0.659. The topological polar surface area (TPSA) is 0 Å². The molecule has 1 radical (unpaired) electrons. The highest BCUT2D eigenvalue weighted by Gasteiger charge is 2.03. The van der Waals surface area contributed by atoms with Crippen molar-refractivity contribution in [2.24, 2.45) is 0 Å². The van der Waals surface area contributed by atoms with Crippen LogP contribution in [-0.4, -0.2) is 0 Å². The van der Waals surface area contributed by atoms with E-state index in [1.807, 2.05) is 0 Å². The Kier molecular flexibility index (Phi) is 3.14. The van der Waals surface area contributed by atoms with E-state index in [0.717, 1.165) is 0 Å². The van der Waals surface area contributed by atoms with E-state index in [1.165, 1.54) is 12.1 Å². The summed E-state index contributed by atoms with van der Waals surface area (Å²) in [5.41, 5.74) is 0.627. The predicted molar refractivity (Wildman–Crippen MR) is 39.7 cm³/mol. The summed E-state index contributed by atoms with van der Waals surface area (Å²) in [5.74, 6) is 0. The van der Waals surface area contributed by atoms with Crippen LogP contribution in [0.15, 0.2) is 12.1 Å². The maximum Gasteiger partial charge on any atom is 0.115 e. The van der Waals surface area contributed by atoms with Gasteiger partial charge in [0, 0.05) is 0 Å². The monoisotopic (exact) mass is 173 g/mol. The van der Waals surface area contributed by atoms with Crippen molar-refractivity contribution >= 4 is 0 Å². The van der Waals surface area contributed by atoms with Crippen molar-refractivity contribution < 1.29 is 13.2 Å². The van der Waals surface area contributed by atoms with Crippen LogP contribution in [0.25, 0.3) is 0 Å². The number of rotatable bonds is 3. The van der Waals surface area contributed by atoms with Crippen LogP contribution >= 0.6 is 0 Å². The normalized spacial score (nSPS) is 10.2. The van der Waals surface area contributed by atoms with Crippen LogP contribution in [-0.2, 0) is 20.0 Å². The van der Waals surface area contributed by atoms with E-state index in [4.69, 9.17) is 0 Å². The molecule has 0 nitrogen and oxygen atoms in total. The van der Waals surface area contributed by atoms with Gasteiger partial charge in [-0.25, -0.2) is 13.2 Å². The van der Waals surface area contributed by atoms with Crippen LogP contribution in [0.3, 0.4) is 0 Å². The van der Waals surface area contributed by atoms with Crippen molar-refractivity contribution in [3.63, 3.8) is 0 Å². The zero-order valence-corrected chi connectivity index (χ0v) is 6.41. The molecule has 1 rings (SSSR count). The highest BCUT2D eigenvalue weighted by molar-refractivity contribution is 5.29. The van der Waals surface area contributed by atoms with Gasteiger partial charge in [0.05, 0.1) is 0 Å². The predicted octanol–water partition coefficient (Wildman–Crippen LogP) is 2.90. The molecule has 1 aromatic rings. The second kappa shape index (κ2) is 4.14. The fraction of sp³-hybridized carbons (Fsp3) is 0.333. The summed E-state index contributed by atoms with van der Waals surface area (Å²) < 4.78 is 36.3. The fourth-order valence-electron chi connectivity index (χ4n) is 0.940. The molecule has 12 heavy (non-hydrogen) atoms. The van der Waals surface area contributed by atoms with Gasteiger partial charge in [-0.15, -0.1) is 0 Å². The van der Waals surface area contributed by atoms with Crippen molar-refractivity contribution in [1.29, 1.82) is 0 Å². The van der Waals surface area contributed by atoms with E-state index in [9.17, 15) is 13.2 Å². The Balaban J connectivity index is 3.02. The van der Waals surface area contributed by atoms with Gasteiger partial charge < -0.3 is 0 Å². The second-order valence-electron chi connectivity index (χ2n) is 2.39. The third kappa shape index (κ3) is 1.78. The highest BCUT2D eigenvalue weighted by atomic mass is 19.1. The van der Waals surface area contributed by atoms with Gasteiger partial charge in [0.1, 0.15) is 20.0 Å². The number of hydrogen-bond donors (Lipinski definition) is 0. The number of benzene rings is 1. The zero-order valence-electron chi connectivity index (χ0n) is 6.41. The fourth-order valence-corrected chi connectivity index (χ4v) is 0.940. The standard InChI is InChI=1S/C9H8F3/c10-4-7-1-2-8(5-11)9(3-7)6-12/h1-2H,4-6H2. The molecule has 0 saturated carbocycles. The maximum atomic E-state index is 12.2. The van der Waals surface area contributed by atoms with Crippen molar-refractivity contribution in [3.8, 4) is 0 Å². The van der Waals surface area contributed by atoms with Crippen LogP contribution in [0.1, 0.15) is 16.7 Å². The van der Waals surface area contributed by atoms with E-state index in [0.29, 0.717) is 0 Å². The molecule has 0 heterocycles. The lowest BCUT2D eigenvalue weighted by molar-refractivity contribution is 0.450. The van der Waals surface area contributed by atoms with Gasteiger partial charge in [-0.05, 0) is 22.8 Å². The average Bonchev–Trinajstić information content (AvgIpc) is 2.16. The molecule has 0 unspecified atom stereocenters. The lowest BCUT2D eigenvalue weighted by Crippen LogP contribution is -1.92. The molecular weight excluding hydrogens is 165 g/mol. The Morgan fingerprint density at radius 2 is 1.75 bits per heavy atom. The van der Waals surface area contributed by atoms with Crippen LogP contribution in [0.2, 0.25) is 0 Å². The minimum Gasteiger partial charge on any atom is -0.246 e. The van der Waals surface area contributed by atoms with Gasteiger partial charge in [-0.3, -0.25) is 0 Å². The third-order valence-electron chi connectivity index (χ3n) is 1.61. The molecule has 65 valence electrons. The number of alkyl halides is 3. The first kappa shape index (κ1) is 9.10. The summed E-state index contributed by atoms with van der Waals surface area (Å²) in [4.78, 5) is 0. The van der Waals surface area contributed by atoms with E-state index >= 15 is 0 Å². The molecule has 0 bridgehead atoms. The molecule has 0 aromatic heterocycles. The largest absolute Gasteiger partial charge is 0.246 e. The zero-order chi connectivity index (χ0) is 8.97. The Bertz CT molecular complexity index is 258. The summed E-state index contributed by atoms with van der Waals surface area (Å²) in [6.45, 7) is -2.23. The molecular formula is C9H8F3. The Labute approximate surface area is 69.0 Å². The Morgan fingerprint density at radius 1 is 1.00 bits per heavy atom. The Hall–Kier alpha value is -0.990. The lowest BCUT2D eigenvalue weighted by atomic mass is 10.1. The number of halogens is 3. The van der Waals surface area contributed by atoms with Gasteiger partial charge in [0.15, 0.2) is 0 Å². The van der Waals surface area contributed by atoms with E-state index in [2.05, 4.69) is 6.07 Å². The molecule has 0 aliphatic heterocycles. The summed E-state index contributed by atoms with van der Waals surface area (Å²) in [6.07, 6.45) is 0. The van der Waals surface area contributed by atoms with Crippen molar-refractivity contribution in [3.05, 3.63) is 34.9 Å². The van der Waals surface area contributed by atoms with E-state index in [-0.39, 0.29) is 16.7 Å². The van der Waals surface area contributed by atoms with Gasteiger partial charge >= 0.3 is 0 Å². The van der Waals surface area contributed by atoms with Crippen LogP contribution in [0.4, 0.5) is 13.2 Å². The van der Waals surface area contributed by atoms with Crippen LogP contribution < -0.4 is 0 Å². The first-order valence-corrected chi connectivity index (χ1v) is 3.52. The van der Waals surface area contributed by atoms with E-state index < -0.39 is 20.0 Å². The second-order valence-corrected chi connectivity index (χ2v) is 2.39. The first-order valence-electron chi connectivity index (χ1n) is 3.52.